The predicted molar refractivity (Wildman–Crippen MR) is 227 cm³/mol. The molecule has 0 fully saturated rings. The molecule has 0 radical (unpaired) electrons. The lowest BCUT2D eigenvalue weighted by molar-refractivity contribution is -0.131. The van der Waals surface area contributed by atoms with E-state index in [-0.39, 0.29) is 6.61 Å². The zero-order valence-corrected chi connectivity index (χ0v) is 35.0. The summed E-state index contributed by atoms with van der Waals surface area (Å²) in [6, 6.07) is -0.710. The van der Waals surface area contributed by atoms with Gasteiger partial charge in [0.05, 0.1) is 18.8 Å². The molecule has 4 N–H and O–H groups in total. The van der Waals surface area contributed by atoms with Gasteiger partial charge in [0.15, 0.2) is 0 Å². The number of hydrogen-bond donors (Lipinski definition) is 4. The largest absolute Gasteiger partial charge is 0.394 e. The molecule has 0 rings (SSSR count). The van der Waals surface area contributed by atoms with Crippen LogP contribution in [0, 0.1) is 0 Å². The molecule has 0 aliphatic heterocycles. The second-order valence-electron chi connectivity index (χ2n) is 15.9. The summed E-state index contributed by atoms with van der Waals surface area (Å²) in [6.07, 6.45) is 51.8. The Morgan fingerprint density at radius 3 is 1.25 bits per heavy atom. The van der Waals surface area contributed by atoms with Gasteiger partial charge in [-0.05, 0) is 38.5 Å². The quantitative estimate of drug-likeness (QED) is 0.0371. The van der Waals surface area contributed by atoms with Crippen molar-refractivity contribution >= 4 is 5.91 Å². The Labute approximate surface area is 324 Å². The molecule has 3 unspecified atom stereocenters. The molecule has 0 aromatic carbocycles. The van der Waals surface area contributed by atoms with Gasteiger partial charge in [-0.1, -0.05) is 231 Å². The third-order valence-electron chi connectivity index (χ3n) is 10.8. The Hall–Kier alpha value is -1.17. The first-order chi connectivity index (χ1) is 25.6. The van der Waals surface area contributed by atoms with E-state index in [4.69, 9.17) is 0 Å². The van der Waals surface area contributed by atoms with Gasteiger partial charge in [0.1, 0.15) is 6.10 Å². The minimum Gasteiger partial charge on any atom is -0.394 e. The van der Waals surface area contributed by atoms with E-state index in [0.29, 0.717) is 12.8 Å². The molecule has 0 aromatic heterocycles. The van der Waals surface area contributed by atoms with E-state index in [1.165, 1.54) is 173 Å². The van der Waals surface area contributed by atoms with Crippen molar-refractivity contribution in [2.75, 3.05) is 6.61 Å². The molecule has 5 nitrogen and oxygen atoms in total. The summed E-state index contributed by atoms with van der Waals surface area (Å²) in [5, 5.41) is 33.4. The van der Waals surface area contributed by atoms with E-state index in [1.807, 2.05) is 0 Å². The number of carbonyl (C=O) groups is 1. The van der Waals surface area contributed by atoms with Gasteiger partial charge >= 0.3 is 0 Å². The van der Waals surface area contributed by atoms with E-state index >= 15 is 0 Å². The highest BCUT2D eigenvalue weighted by molar-refractivity contribution is 5.80. The number of allylic oxidation sites excluding steroid dienone is 4. The average Bonchev–Trinajstić information content (AvgIpc) is 3.15. The Morgan fingerprint density at radius 2 is 0.846 bits per heavy atom. The summed E-state index contributed by atoms with van der Waals surface area (Å²) >= 11 is 0. The van der Waals surface area contributed by atoms with Crippen LogP contribution in [0.3, 0.4) is 0 Å². The van der Waals surface area contributed by atoms with E-state index in [1.54, 1.807) is 0 Å². The highest BCUT2D eigenvalue weighted by Gasteiger charge is 2.23. The van der Waals surface area contributed by atoms with Crippen LogP contribution in [0.2, 0.25) is 0 Å². The second kappa shape index (κ2) is 42.6. The molecule has 0 aromatic rings. The lowest BCUT2D eigenvalue weighted by Crippen LogP contribution is -2.49. The summed E-state index contributed by atoms with van der Waals surface area (Å²) in [7, 11) is 0. The van der Waals surface area contributed by atoms with E-state index in [2.05, 4.69) is 43.5 Å². The summed E-state index contributed by atoms with van der Waals surface area (Å²) < 4.78 is 0. The number of unbranched alkanes of at least 4 members (excludes halogenated alkanes) is 30. The number of carbonyl (C=O) groups excluding carboxylic acids is 1. The van der Waals surface area contributed by atoms with Gasteiger partial charge in [0, 0.05) is 0 Å². The molecule has 0 bridgehead atoms. The average molecular weight is 734 g/mol. The van der Waals surface area contributed by atoms with Gasteiger partial charge in [-0.3, -0.25) is 4.79 Å². The molecule has 5 heteroatoms. The van der Waals surface area contributed by atoms with Crippen molar-refractivity contribution in [3.8, 4) is 0 Å². The Bertz CT molecular complexity index is 768. The minimum atomic E-state index is -1.07. The summed E-state index contributed by atoms with van der Waals surface area (Å²) in [5.41, 5.74) is 0. The standard InChI is InChI=1S/C47H91NO4/c1-3-5-7-9-11-13-15-17-19-21-23-24-26-28-30-32-34-36-38-40-42-46(51)47(52)48-44(43-49)45(50)41-39-37-35-33-31-29-27-25-22-20-18-16-14-12-10-8-6-4-2/h5,7,11,13,44-46,49-51H,3-4,6,8-10,12,14-43H2,1-2H3,(H,48,52)/b7-5-,13-11-. The minimum absolute atomic E-state index is 0.311. The zero-order valence-electron chi connectivity index (χ0n) is 35.0. The van der Waals surface area contributed by atoms with Crippen LogP contribution in [0.25, 0.3) is 0 Å². The van der Waals surface area contributed by atoms with Crippen LogP contribution >= 0.6 is 0 Å². The van der Waals surface area contributed by atoms with Gasteiger partial charge in [-0.2, -0.15) is 0 Å². The normalized spacial score (nSPS) is 13.7. The molecular formula is C47H91NO4. The SMILES string of the molecule is CC/C=C\C/C=C\CCCCCCCCCCCCCCCC(O)C(=O)NC(CO)C(O)CCCCCCCCCCCCCCCCCCCC. The third-order valence-corrected chi connectivity index (χ3v) is 10.8. The van der Waals surface area contributed by atoms with Crippen LogP contribution in [0.15, 0.2) is 24.3 Å². The fraction of sp³-hybridized carbons (Fsp3) is 0.894. The second-order valence-corrected chi connectivity index (χ2v) is 15.9. The van der Waals surface area contributed by atoms with Crippen LogP contribution in [-0.2, 0) is 4.79 Å². The number of rotatable bonds is 42. The molecule has 0 aliphatic carbocycles. The number of nitrogens with one attached hydrogen (secondary N) is 1. The summed E-state index contributed by atoms with van der Waals surface area (Å²) in [4.78, 5) is 12.5. The van der Waals surface area contributed by atoms with Crippen LogP contribution < -0.4 is 5.32 Å². The van der Waals surface area contributed by atoms with Crippen LogP contribution in [0.4, 0.5) is 0 Å². The summed E-state index contributed by atoms with van der Waals surface area (Å²) in [6.45, 7) is 4.15. The Morgan fingerprint density at radius 1 is 0.481 bits per heavy atom. The zero-order chi connectivity index (χ0) is 38.0. The monoisotopic (exact) mass is 734 g/mol. The Kier molecular flexibility index (Phi) is 41.6. The third kappa shape index (κ3) is 37.2. The molecule has 308 valence electrons. The van der Waals surface area contributed by atoms with Crippen molar-refractivity contribution in [2.24, 2.45) is 0 Å². The fourth-order valence-electron chi connectivity index (χ4n) is 7.23. The Balaban J connectivity index is 3.58. The molecule has 0 saturated heterocycles. The van der Waals surface area contributed by atoms with Crippen molar-refractivity contribution < 1.29 is 20.1 Å². The van der Waals surface area contributed by atoms with Crippen LogP contribution in [0.5, 0.6) is 0 Å². The van der Waals surface area contributed by atoms with Crippen molar-refractivity contribution in [1.29, 1.82) is 0 Å². The molecule has 52 heavy (non-hydrogen) atoms. The number of amides is 1. The maximum atomic E-state index is 12.5. The molecule has 0 aliphatic rings. The maximum absolute atomic E-state index is 12.5. The predicted octanol–water partition coefficient (Wildman–Crippen LogP) is 13.4. The van der Waals surface area contributed by atoms with E-state index in [0.717, 1.165) is 44.9 Å². The van der Waals surface area contributed by atoms with Gasteiger partial charge in [-0.15, -0.1) is 0 Å². The van der Waals surface area contributed by atoms with Crippen molar-refractivity contribution in [3.05, 3.63) is 24.3 Å². The van der Waals surface area contributed by atoms with Gasteiger partial charge in [0.2, 0.25) is 5.91 Å². The van der Waals surface area contributed by atoms with Gasteiger partial charge in [-0.25, -0.2) is 0 Å². The molecule has 3 atom stereocenters. The number of aliphatic hydroxyl groups is 3. The first-order valence-electron chi connectivity index (χ1n) is 23.1. The molecule has 1 amide bonds. The van der Waals surface area contributed by atoms with Gasteiger partial charge < -0.3 is 20.6 Å². The molecule has 0 saturated carbocycles. The van der Waals surface area contributed by atoms with Crippen LogP contribution in [-0.4, -0.2) is 46.1 Å². The number of hydrogen-bond acceptors (Lipinski definition) is 4. The van der Waals surface area contributed by atoms with Crippen molar-refractivity contribution in [1.82, 2.24) is 5.32 Å². The highest BCUT2D eigenvalue weighted by atomic mass is 16.3. The topological polar surface area (TPSA) is 89.8 Å². The lowest BCUT2D eigenvalue weighted by Gasteiger charge is -2.23. The molecule has 0 spiro atoms. The smallest absolute Gasteiger partial charge is 0.249 e. The van der Waals surface area contributed by atoms with E-state index in [9.17, 15) is 20.1 Å². The number of aliphatic hydroxyl groups excluding tert-OH is 3. The van der Waals surface area contributed by atoms with Crippen LogP contribution in [0.1, 0.15) is 245 Å². The lowest BCUT2D eigenvalue weighted by atomic mass is 10.0. The van der Waals surface area contributed by atoms with Crippen molar-refractivity contribution in [3.63, 3.8) is 0 Å². The van der Waals surface area contributed by atoms with Crippen molar-refractivity contribution in [2.45, 2.75) is 263 Å². The highest BCUT2D eigenvalue weighted by Crippen LogP contribution is 2.17. The maximum Gasteiger partial charge on any atom is 0.249 e. The van der Waals surface area contributed by atoms with Gasteiger partial charge in [0.25, 0.3) is 0 Å². The van der Waals surface area contributed by atoms with E-state index < -0.39 is 24.2 Å². The first kappa shape index (κ1) is 50.8. The molecular weight excluding hydrogens is 643 g/mol. The molecule has 0 heterocycles. The summed E-state index contributed by atoms with van der Waals surface area (Å²) in [5.74, 6) is -0.469. The first-order valence-corrected chi connectivity index (χ1v) is 23.1. The fourth-order valence-corrected chi connectivity index (χ4v) is 7.23.